The molecule has 1 aliphatic heterocycles. The Bertz CT molecular complexity index is 1220. The summed E-state index contributed by atoms with van der Waals surface area (Å²) >= 11 is 15.7. The third kappa shape index (κ3) is 6.45. The Labute approximate surface area is 230 Å². The van der Waals surface area contributed by atoms with E-state index in [0.717, 1.165) is 47.1 Å². The summed E-state index contributed by atoms with van der Waals surface area (Å²) in [5.41, 5.74) is 2.02. The molecule has 0 radical (unpaired) electrons. The van der Waals surface area contributed by atoms with E-state index in [1.54, 1.807) is 12.3 Å². The number of piperidine rings is 1. The van der Waals surface area contributed by atoms with E-state index >= 15 is 0 Å². The Morgan fingerprint density at radius 3 is 2.58 bits per heavy atom. The van der Waals surface area contributed by atoms with Crippen LogP contribution in [0.2, 0.25) is 10.0 Å². The summed E-state index contributed by atoms with van der Waals surface area (Å²) in [6, 6.07) is 3.58. The molecule has 4 rings (SSSR count). The molecule has 0 bridgehead atoms. The topological polar surface area (TPSA) is 81.6 Å². The summed E-state index contributed by atoms with van der Waals surface area (Å²) in [4.78, 5) is 28.6. The Kier molecular flexibility index (Phi) is 8.71. The number of hydrogen-bond acceptors (Lipinski definition) is 8. The molecule has 4 heterocycles. The molecule has 3 aromatic rings. The SMILES string of the molecule is CN(Cc1sc(NC(=O)c2cnc(C3CCN(CO)CC3)c(Cl)c2)nc1-c1cc(Cl)cs1)C(C)(C)C. The fraction of sp³-hybridized carbons (Fsp3) is 0.480. The van der Waals surface area contributed by atoms with E-state index < -0.39 is 0 Å². The zero-order valence-corrected chi connectivity index (χ0v) is 24.0. The number of aliphatic hydroxyl groups is 1. The number of thiophene rings is 1. The van der Waals surface area contributed by atoms with Gasteiger partial charge in [-0.15, -0.1) is 11.3 Å². The molecule has 1 amide bonds. The number of aromatic nitrogens is 2. The molecule has 36 heavy (non-hydrogen) atoms. The molecule has 0 saturated carbocycles. The number of pyridine rings is 1. The second kappa shape index (κ2) is 11.4. The number of carbonyl (C=O) groups excluding carboxylic acids is 1. The molecule has 7 nitrogen and oxygen atoms in total. The molecule has 2 N–H and O–H groups in total. The van der Waals surface area contributed by atoms with E-state index in [1.807, 2.05) is 16.3 Å². The van der Waals surface area contributed by atoms with Gasteiger partial charge in [0.2, 0.25) is 0 Å². The van der Waals surface area contributed by atoms with E-state index in [1.165, 1.54) is 22.7 Å². The number of nitrogens with one attached hydrogen (secondary N) is 1. The van der Waals surface area contributed by atoms with E-state index in [-0.39, 0.29) is 24.1 Å². The van der Waals surface area contributed by atoms with Gasteiger partial charge >= 0.3 is 0 Å². The molecular weight excluding hydrogens is 537 g/mol. The van der Waals surface area contributed by atoms with Gasteiger partial charge in [-0.05, 0) is 52.8 Å². The van der Waals surface area contributed by atoms with Gasteiger partial charge in [0.05, 0.1) is 38.6 Å². The van der Waals surface area contributed by atoms with Crippen molar-refractivity contribution in [2.45, 2.75) is 51.6 Å². The monoisotopic (exact) mass is 567 g/mol. The molecule has 0 aliphatic carbocycles. The minimum absolute atomic E-state index is 0.0172. The van der Waals surface area contributed by atoms with Crippen LogP contribution in [-0.2, 0) is 6.54 Å². The van der Waals surface area contributed by atoms with Crippen LogP contribution in [0, 0.1) is 0 Å². The molecule has 0 aromatic carbocycles. The summed E-state index contributed by atoms with van der Waals surface area (Å²) in [5.74, 6) is -0.0785. The largest absolute Gasteiger partial charge is 0.381 e. The highest BCUT2D eigenvalue weighted by molar-refractivity contribution is 7.17. The van der Waals surface area contributed by atoms with Crippen molar-refractivity contribution >= 4 is 56.9 Å². The smallest absolute Gasteiger partial charge is 0.259 e. The Hall–Kier alpha value is -1.59. The third-order valence-corrected chi connectivity index (χ3v) is 9.09. The zero-order chi connectivity index (χ0) is 26.0. The van der Waals surface area contributed by atoms with Crippen LogP contribution in [0.1, 0.15) is 60.5 Å². The van der Waals surface area contributed by atoms with Gasteiger partial charge in [0.15, 0.2) is 5.13 Å². The Balaban J connectivity index is 1.52. The van der Waals surface area contributed by atoms with Crippen molar-refractivity contribution in [1.82, 2.24) is 19.8 Å². The minimum atomic E-state index is -0.300. The van der Waals surface area contributed by atoms with Gasteiger partial charge in [0, 0.05) is 47.5 Å². The number of nitrogens with zero attached hydrogens (tertiary/aromatic N) is 4. The lowest BCUT2D eigenvalue weighted by Crippen LogP contribution is -2.37. The van der Waals surface area contributed by atoms with Gasteiger partial charge in [-0.1, -0.05) is 34.5 Å². The zero-order valence-electron chi connectivity index (χ0n) is 20.8. The molecule has 194 valence electrons. The summed E-state index contributed by atoms with van der Waals surface area (Å²) in [7, 11) is 2.08. The van der Waals surface area contributed by atoms with E-state index in [0.29, 0.717) is 27.3 Å². The van der Waals surface area contributed by atoms with Crippen LogP contribution in [0.15, 0.2) is 23.7 Å². The lowest BCUT2D eigenvalue weighted by molar-refractivity contribution is 0.0833. The summed E-state index contributed by atoms with van der Waals surface area (Å²) in [6.45, 7) is 8.85. The van der Waals surface area contributed by atoms with Crippen LogP contribution in [0.3, 0.4) is 0 Å². The first-order chi connectivity index (χ1) is 17.0. The Morgan fingerprint density at radius 1 is 1.28 bits per heavy atom. The highest BCUT2D eigenvalue weighted by Crippen LogP contribution is 2.38. The third-order valence-electron chi connectivity index (χ3n) is 6.55. The first-order valence-electron chi connectivity index (χ1n) is 11.8. The summed E-state index contributed by atoms with van der Waals surface area (Å²) < 4.78 is 0. The number of amides is 1. The first kappa shape index (κ1) is 27.4. The molecule has 3 aromatic heterocycles. The van der Waals surface area contributed by atoms with E-state index in [9.17, 15) is 9.90 Å². The van der Waals surface area contributed by atoms with Crippen LogP contribution in [0.4, 0.5) is 5.13 Å². The number of anilines is 1. The van der Waals surface area contributed by atoms with Crippen molar-refractivity contribution in [2.75, 3.05) is 32.2 Å². The molecular formula is C25H31Cl2N5O2S2. The number of carbonyl (C=O) groups is 1. The lowest BCUT2D eigenvalue weighted by Gasteiger charge is -2.31. The van der Waals surface area contributed by atoms with Crippen molar-refractivity contribution in [3.8, 4) is 10.6 Å². The second-order valence-corrected chi connectivity index (χ2v) is 12.9. The predicted octanol–water partition coefficient (Wildman–Crippen LogP) is 6.19. The average molecular weight is 569 g/mol. The average Bonchev–Trinajstić information content (AvgIpc) is 3.44. The molecule has 11 heteroatoms. The molecule has 1 aliphatic rings. The maximum Gasteiger partial charge on any atom is 0.259 e. The lowest BCUT2D eigenvalue weighted by atomic mass is 9.93. The van der Waals surface area contributed by atoms with E-state index in [4.69, 9.17) is 28.2 Å². The van der Waals surface area contributed by atoms with Crippen LogP contribution in [-0.4, -0.2) is 63.2 Å². The minimum Gasteiger partial charge on any atom is -0.381 e. The Morgan fingerprint density at radius 2 is 2.00 bits per heavy atom. The molecule has 0 spiro atoms. The number of aliphatic hydroxyl groups excluding tert-OH is 1. The van der Waals surface area contributed by atoms with Gasteiger partial charge < -0.3 is 5.11 Å². The number of thiazole rings is 1. The van der Waals surface area contributed by atoms with Gasteiger partial charge in [0.25, 0.3) is 5.91 Å². The fourth-order valence-corrected chi connectivity index (χ4v) is 6.49. The molecule has 0 unspecified atom stereocenters. The van der Waals surface area contributed by atoms with E-state index in [2.05, 4.69) is 43.0 Å². The number of hydrogen-bond donors (Lipinski definition) is 2. The van der Waals surface area contributed by atoms with Crippen LogP contribution < -0.4 is 5.32 Å². The molecule has 0 atom stereocenters. The highest BCUT2D eigenvalue weighted by atomic mass is 35.5. The fourth-order valence-electron chi connectivity index (χ4n) is 3.98. The normalized spacial score (nSPS) is 15.6. The maximum absolute atomic E-state index is 13.1. The number of rotatable bonds is 7. The van der Waals surface area contributed by atoms with Crippen molar-refractivity contribution < 1.29 is 9.90 Å². The quantitative estimate of drug-likeness (QED) is 0.354. The maximum atomic E-state index is 13.1. The van der Waals surface area contributed by atoms with Gasteiger partial charge in [-0.3, -0.25) is 24.9 Å². The molecule has 1 saturated heterocycles. The summed E-state index contributed by atoms with van der Waals surface area (Å²) in [5, 5.41) is 15.8. The second-order valence-electron chi connectivity index (χ2n) is 10.0. The predicted molar refractivity (Wildman–Crippen MR) is 149 cm³/mol. The van der Waals surface area contributed by atoms with Crippen molar-refractivity contribution in [3.05, 3.63) is 49.9 Å². The van der Waals surface area contributed by atoms with Gasteiger partial charge in [-0.25, -0.2) is 4.98 Å². The first-order valence-corrected chi connectivity index (χ1v) is 14.3. The van der Waals surface area contributed by atoms with Crippen molar-refractivity contribution in [3.63, 3.8) is 0 Å². The van der Waals surface area contributed by atoms with Crippen LogP contribution in [0.5, 0.6) is 0 Å². The van der Waals surface area contributed by atoms with Gasteiger partial charge in [-0.2, -0.15) is 0 Å². The van der Waals surface area contributed by atoms with Crippen molar-refractivity contribution in [1.29, 1.82) is 0 Å². The summed E-state index contributed by atoms with van der Waals surface area (Å²) in [6.07, 6.45) is 3.33. The van der Waals surface area contributed by atoms with Crippen molar-refractivity contribution in [2.24, 2.45) is 0 Å². The number of likely N-dealkylation sites (tertiary alicyclic amines) is 1. The van der Waals surface area contributed by atoms with Crippen LogP contribution >= 0.6 is 45.9 Å². The highest BCUT2D eigenvalue weighted by Gasteiger charge is 2.25. The van der Waals surface area contributed by atoms with Gasteiger partial charge in [0.1, 0.15) is 0 Å². The molecule has 1 fully saturated rings. The van der Waals surface area contributed by atoms with Crippen LogP contribution in [0.25, 0.3) is 10.6 Å². The standard InChI is InChI=1S/C25H31Cl2N5O2S2/c1-25(2,3)31(4)12-20-22(19-10-17(26)13-35-19)29-24(36-20)30-23(34)16-9-18(27)21(28-11-16)15-5-7-32(14-33)8-6-15/h9-11,13,15,33H,5-8,12,14H2,1-4H3,(H,29,30,34). The number of halogens is 2.